The average molecular weight is 214 g/mol. The van der Waals surface area contributed by atoms with Gasteiger partial charge in [-0.15, -0.1) is 0 Å². The van der Waals surface area contributed by atoms with E-state index in [1.54, 1.807) is 11.1 Å². The molecular formula is C16H22. The molecule has 0 heteroatoms. The van der Waals surface area contributed by atoms with Crippen LogP contribution in [0.4, 0.5) is 0 Å². The molecule has 1 spiro atoms. The predicted molar refractivity (Wildman–Crippen MR) is 68.8 cm³/mol. The highest BCUT2D eigenvalue weighted by molar-refractivity contribution is 5.42. The molecule has 0 N–H and O–H groups in total. The fraction of sp³-hybridized carbons (Fsp3) is 0.625. The molecule has 0 aromatic heterocycles. The fourth-order valence-electron chi connectivity index (χ4n) is 3.79. The summed E-state index contributed by atoms with van der Waals surface area (Å²) >= 11 is 0. The maximum Gasteiger partial charge on any atom is -0.00409 e. The summed E-state index contributed by atoms with van der Waals surface area (Å²) in [5.41, 5.74) is 5.36. The van der Waals surface area contributed by atoms with Crippen LogP contribution in [0, 0.1) is 12.8 Å². The standard InChI is InChI=1S/C16H22/c1-12-5-8-16(9-6-12)10-7-14-11-13(2)3-4-15(14)16/h3-4,11-12H,5-10H2,1-2H3. The van der Waals surface area contributed by atoms with Crippen LogP contribution in [-0.2, 0) is 11.8 Å². The second kappa shape index (κ2) is 3.61. The second-order valence-corrected chi connectivity index (χ2v) is 6.12. The van der Waals surface area contributed by atoms with E-state index in [1.165, 1.54) is 44.1 Å². The van der Waals surface area contributed by atoms with Crippen LogP contribution in [0.3, 0.4) is 0 Å². The molecular weight excluding hydrogens is 192 g/mol. The quantitative estimate of drug-likeness (QED) is 0.601. The molecule has 1 fully saturated rings. The van der Waals surface area contributed by atoms with Crippen molar-refractivity contribution in [2.45, 2.75) is 57.8 Å². The van der Waals surface area contributed by atoms with E-state index < -0.39 is 0 Å². The lowest BCUT2D eigenvalue weighted by Crippen LogP contribution is -2.28. The van der Waals surface area contributed by atoms with Crippen LogP contribution in [0.2, 0.25) is 0 Å². The first-order valence-corrected chi connectivity index (χ1v) is 6.80. The van der Waals surface area contributed by atoms with Gasteiger partial charge in [-0.25, -0.2) is 0 Å². The third-order valence-electron chi connectivity index (χ3n) is 4.94. The number of benzene rings is 1. The highest BCUT2D eigenvalue weighted by Crippen LogP contribution is 2.49. The van der Waals surface area contributed by atoms with Crippen LogP contribution in [0.15, 0.2) is 18.2 Å². The zero-order valence-electron chi connectivity index (χ0n) is 10.6. The molecule has 16 heavy (non-hydrogen) atoms. The Morgan fingerprint density at radius 2 is 1.88 bits per heavy atom. The molecule has 1 saturated carbocycles. The summed E-state index contributed by atoms with van der Waals surface area (Å²) in [6.07, 6.45) is 8.49. The monoisotopic (exact) mass is 214 g/mol. The van der Waals surface area contributed by atoms with Crippen molar-refractivity contribution >= 4 is 0 Å². The lowest BCUT2D eigenvalue weighted by atomic mass is 9.67. The smallest absolute Gasteiger partial charge is 0.00409 e. The van der Waals surface area contributed by atoms with Gasteiger partial charge in [0.25, 0.3) is 0 Å². The summed E-state index contributed by atoms with van der Waals surface area (Å²) in [6.45, 7) is 4.63. The first kappa shape index (κ1) is 10.4. The van der Waals surface area contributed by atoms with Crippen LogP contribution in [0.1, 0.15) is 55.7 Å². The maximum absolute atomic E-state index is 2.42. The molecule has 3 rings (SSSR count). The average Bonchev–Trinajstić information content (AvgIpc) is 2.62. The van der Waals surface area contributed by atoms with Crippen molar-refractivity contribution in [3.63, 3.8) is 0 Å². The molecule has 0 saturated heterocycles. The fourth-order valence-corrected chi connectivity index (χ4v) is 3.79. The molecule has 2 aliphatic rings. The van der Waals surface area contributed by atoms with Crippen molar-refractivity contribution in [1.82, 2.24) is 0 Å². The third-order valence-corrected chi connectivity index (χ3v) is 4.94. The zero-order chi connectivity index (χ0) is 11.2. The van der Waals surface area contributed by atoms with E-state index in [0.29, 0.717) is 5.41 Å². The third kappa shape index (κ3) is 1.50. The Hall–Kier alpha value is -0.780. The number of hydrogen-bond donors (Lipinski definition) is 0. The van der Waals surface area contributed by atoms with Gasteiger partial charge in [-0.1, -0.05) is 30.7 Å². The topological polar surface area (TPSA) is 0 Å². The Bertz CT molecular complexity index is 394. The van der Waals surface area contributed by atoms with Gasteiger partial charge in [0.05, 0.1) is 0 Å². The molecule has 0 bridgehead atoms. The van der Waals surface area contributed by atoms with Crippen LogP contribution >= 0.6 is 0 Å². The molecule has 0 amide bonds. The van der Waals surface area contributed by atoms with E-state index in [2.05, 4.69) is 32.0 Å². The lowest BCUT2D eigenvalue weighted by molar-refractivity contribution is 0.241. The largest absolute Gasteiger partial charge is 0.0625 e. The molecule has 1 aromatic rings. The number of hydrogen-bond acceptors (Lipinski definition) is 0. The van der Waals surface area contributed by atoms with Crippen LogP contribution in [-0.4, -0.2) is 0 Å². The summed E-state index contributed by atoms with van der Waals surface area (Å²) in [5, 5.41) is 0. The van der Waals surface area contributed by atoms with Gasteiger partial charge in [-0.05, 0) is 67.9 Å². The lowest BCUT2D eigenvalue weighted by Gasteiger charge is -2.37. The number of fused-ring (bicyclic) bond motifs is 2. The molecule has 0 aliphatic heterocycles. The van der Waals surface area contributed by atoms with Gasteiger partial charge in [0.15, 0.2) is 0 Å². The van der Waals surface area contributed by atoms with E-state index in [1.807, 2.05) is 0 Å². The van der Waals surface area contributed by atoms with E-state index in [9.17, 15) is 0 Å². The van der Waals surface area contributed by atoms with Gasteiger partial charge >= 0.3 is 0 Å². The van der Waals surface area contributed by atoms with Gasteiger partial charge in [0.2, 0.25) is 0 Å². The van der Waals surface area contributed by atoms with Gasteiger partial charge in [-0.3, -0.25) is 0 Å². The minimum atomic E-state index is 0.579. The Morgan fingerprint density at radius 1 is 1.12 bits per heavy atom. The molecule has 1 aromatic carbocycles. The number of rotatable bonds is 0. The zero-order valence-corrected chi connectivity index (χ0v) is 10.6. The Labute approximate surface area is 99.1 Å². The summed E-state index contributed by atoms with van der Waals surface area (Å²) in [6, 6.07) is 7.15. The van der Waals surface area contributed by atoms with Crippen molar-refractivity contribution in [3.8, 4) is 0 Å². The Morgan fingerprint density at radius 3 is 2.62 bits per heavy atom. The predicted octanol–water partition coefficient (Wildman–Crippen LogP) is 4.39. The summed E-state index contributed by atoms with van der Waals surface area (Å²) in [7, 11) is 0. The summed E-state index contributed by atoms with van der Waals surface area (Å²) in [5.74, 6) is 0.958. The van der Waals surface area contributed by atoms with Gasteiger partial charge < -0.3 is 0 Å². The normalized spacial score (nSPS) is 33.0. The highest BCUT2D eigenvalue weighted by atomic mass is 14.4. The van der Waals surface area contributed by atoms with Crippen molar-refractivity contribution in [1.29, 1.82) is 0 Å². The van der Waals surface area contributed by atoms with Crippen LogP contribution in [0.25, 0.3) is 0 Å². The van der Waals surface area contributed by atoms with Crippen LogP contribution in [0.5, 0.6) is 0 Å². The molecule has 0 radical (unpaired) electrons. The first-order valence-electron chi connectivity index (χ1n) is 6.80. The maximum atomic E-state index is 2.42. The number of aryl methyl sites for hydroxylation is 2. The van der Waals surface area contributed by atoms with Gasteiger partial charge in [0.1, 0.15) is 0 Å². The first-order chi connectivity index (χ1) is 7.70. The Kier molecular flexibility index (Phi) is 2.34. The van der Waals surface area contributed by atoms with E-state index in [-0.39, 0.29) is 0 Å². The molecule has 0 unspecified atom stereocenters. The highest BCUT2D eigenvalue weighted by Gasteiger charge is 2.40. The van der Waals surface area contributed by atoms with Crippen molar-refractivity contribution in [2.75, 3.05) is 0 Å². The molecule has 2 aliphatic carbocycles. The van der Waals surface area contributed by atoms with Crippen molar-refractivity contribution in [3.05, 3.63) is 34.9 Å². The molecule has 0 nitrogen and oxygen atoms in total. The molecule has 86 valence electrons. The van der Waals surface area contributed by atoms with Crippen molar-refractivity contribution in [2.24, 2.45) is 5.92 Å². The second-order valence-electron chi connectivity index (χ2n) is 6.12. The van der Waals surface area contributed by atoms with Crippen LogP contribution < -0.4 is 0 Å². The molecule has 0 heterocycles. The van der Waals surface area contributed by atoms with E-state index in [0.717, 1.165) is 5.92 Å². The Balaban J connectivity index is 1.96. The minimum absolute atomic E-state index is 0.579. The molecule has 0 atom stereocenters. The minimum Gasteiger partial charge on any atom is -0.0625 e. The van der Waals surface area contributed by atoms with E-state index >= 15 is 0 Å². The van der Waals surface area contributed by atoms with Gasteiger partial charge in [-0.2, -0.15) is 0 Å². The van der Waals surface area contributed by atoms with Crippen molar-refractivity contribution < 1.29 is 0 Å². The SMILES string of the molecule is Cc1ccc2c(c1)CCC21CCC(C)CC1. The summed E-state index contributed by atoms with van der Waals surface area (Å²) in [4.78, 5) is 0. The summed E-state index contributed by atoms with van der Waals surface area (Å²) < 4.78 is 0. The van der Waals surface area contributed by atoms with Gasteiger partial charge in [0, 0.05) is 0 Å². The van der Waals surface area contributed by atoms with E-state index in [4.69, 9.17) is 0 Å².